The van der Waals surface area contributed by atoms with Crippen molar-refractivity contribution in [3.63, 3.8) is 0 Å². The Kier molecular flexibility index (Phi) is 4.72. The molecule has 1 N–H and O–H groups in total. The quantitative estimate of drug-likeness (QED) is 0.890. The number of methoxy groups -OCH3 is 1. The third kappa shape index (κ3) is 3.48. The van der Waals surface area contributed by atoms with E-state index >= 15 is 0 Å². The van der Waals surface area contributed by atoms with E-state index in [1.54, 1.807) is 19.2 Å². The third-order valence-corrected chi connectivity index (χ3v) is 3.78. The summed E-state index contributed by atoms with van der Waals surface area (Å²) in [6, 6.07) is 13.5. The largest absolute Gasteiger partial charge is 0.495 e. The molecule has 0 saturated heterocycles. The summed E-state index contributed by atoms with van der Waals surface area (Å²) in [7, 11) is 1.62. The van der Waals surface area contributed by atoms with Gasteiger partial charge in [-0.1, -0.05) is 23.7 Å². The summed E-state index contributed by atoms with van der Waals surface area (Å²) in [6.07, 6.45) is 0. The highest BCUT2D eigenvalue weighted by atomic mass is 35.5. The number of hydrogen-bond donors (Lipinski definition) is 1. The van der Waals surface area contributed by atoms with Crippen molar-refractivity contribution in [2.24, 2.45) is 0 Å². The molecule has 0 heterocycles. The fourth-order valence-corrected chi connectivity index (χ4v) is 2.29. The van der Waals surface area contributed by atoms with E-state index < -0.39 is 0 Å². The Balaban J connectivity index is 2.29. The van der Waals surface area contributed by atoms with Crippen LogP contribution in [0.25, 0.3) is 0 Å². The van der Waals surface area contributed by atoms with E-state index in [0.29, 0.717) is 16.3 Å². The van der Waals surface area contributed by atoms with Crippen molar-refractivity contribution >= 4 is 17.3 Å². The van der Waals surface area contributed by atoms with Crippen molar-refractivity contribution in [2.75, 3.05) is 12.4 Å². The number of nitrogens with one attached hydrogen (secondary N) is 1. The molecule has 0 saturated carbocycles. The average molecular weight is 301 g/mol. The van der Waals surface area contributed by atoms with Crippen molar-refractivity contribution in [2.45, 2.75) is 19.9 Å². The van der Waals surface area contributed by atoms with Crippen LogP contribution in [-0.2, 0) is 0 Å². The monoisotopic (exact) mass is 300 g/mol. The van der Waals surface area contributed by atoms with E-state index in [9.17, 15) is 0 Å². The Morgan fingerprint density at radius 3 is 2.71 bits per heavy atom. The van der Waals surface area contributed by atoms with Gasteiger partial charge < -0.3 is 10.1 Å². The van der Waals surface area contributed by atoms with E-state index in [4.69, 9.17) is 21.6 Å². The van der Waals surface area contributed by atoms with Gasteiger partial charge in [0.15, 0.2) is 0 Å². The molecule has 3 nitrogen and oxygen atoms in total. The molecule has 0 amide bonds. The Bertz CT molecular complexity index is 692. The van der Waals surface area contributed by atoms with Crippen molar-refractivity contribution in [1.82, 2.24) is 0 Å². The Labute approximate surface area is 130 Å². The van der Waals surface area contributed by atoms with Crippen LogP contribution >= 0.6 is 11.6 Å². The first-order valence-corrected chi connectivity index (χ1v) is 7.03. The van der Waals surface area contributed by atoms with E-state index in [1.807, 2.05) is 38.1 Å². The van der Waals surface area contributed by atoms with Crippen LogP contribution in [0, 0.1) is 18.3 Å². The molecule has 0 spiro atoms. The first-order valence-electron chi connectivity index (χ1n) is 6.66. The second-order valence-electron chi connectivity index (χ2n) is 4.90. The highest BCUT2D eigenvalue weighted by Crippen LogP contribution is 2.33. The van der Waals surface area contributed by atoms with Gasteiger partial charge in [0, 0.05) is 17.1 Å². The normalized spacial score (nSPS) is 11.6. The molecular formula is C17H17ClN2O. The van der Waals surface area contributed by atoms with Gasteiger partial charge >= 0.3 is 0 Å². The van der Waals surface area contributed by atoms with Gasteiger partial charge in [-0.3, -0.25) is 0 Å². The first-order chi connectivity index (χ1) is 10.0. The Hall–Kier alpha value is -2.18. The molecule has 1 unspecified atom stereocenters. The summed E-state index contributed by atoms with van der Waals surface area (Å²) in [5.41, 5.74) is 3.57. The Morgan fingerprint density at radius 1 is 1.29 bits per heavy atom. The zero-order valence-electron chi connectivity index (χ0n) is 12.3. The predicted octanol–water partition coefficient (Wildman–Crippen LogP) is 4.70. The topological polar surface area (TPSA) is 45.0 Å². The van der Waals surface area contributed by atoms with E-state index in [-0.39, 0.29) is 6.04 Å². The molecule has 0 bridgehead atoms. The molecule has 0 fully saturated rings. The van der Waals surface area contributed by atoms with Crippen molar-refractivity contribution < 1.29 is 4.74 Å². The lowest BCUT2D eigenvalue weighted by molar-refractivity contribution is 0.416. The van der Waals surface area contributed by atoms with Gasteiger partial charge in [0.25, 0.3) is 0 Å². The summed E-state index contributed by atoms with van der Waals surface area (Å²) in [4.78, 5) is 0. The van der Waals surface area contributed by atoms with E-state index in [1.165, 1.54) is 0 Å². The minimum absolute atomic E-state index is 0.0489. The van der Waals surface area contributed by atoms with Gasteiger partial charge in [-0.15, -0.1) is 0 Å². The van der Waals surface area contributed by atoms with E-state index in [2.05, 4.69) is 11.4 Å². The fourth-order valence-electron chi connectivity index (χ4n) is 2.14. The molecular weight excluding hydrogens is 284 g/mol. The molecule has 4 heteroatoms. The molecule has 2 aromatic carbocycles. The lowest BCUT2D eigenvalue weighted by Gasteiger charge is -2.19. The fraction of sp³-hybridized carbons (Fsp3) is 0.235. The lowest BCUT2D eigenvalue weighted by atomic mass is 10.0. The van der Waals surface area contributed by atoms with Crippen LogP contribution in [0.5, 0.6) is 5.75 Å². The summed E-state index contributed by atoms with van der Waals surface area (Å²) < 4.78 is 5.36. The second kappa shape index (κ2) is 6.51. The lowest BCUT2D eigenvalue weighted by Crippen LogP contribution is -2.08. The van der Waals surface area contributed by atoms with Crippen molar-refractivity contribution in [1.29, 1.82) is 5.26 Å². The summed E-state index contributed by atoms with van der Waals surface area (Å²) in [5.74, 6) is 0.703. The van der Waals surface area contributed by atoms with Crippen LogP contribution in [0.4, 0.5) is 5.69 Å². The molecule has 0 aliphatic heterocycles. The standard InChI is InChI=1S/C17H17ClN2O/c1-11-7-16(17(21-3)9-15(11)18)20-12(2)14-6-4-5-13(8-14)10-19/h4-9,12,20H,1-3H3. The zero-order valence-corrected chi connectivity index (χ0v) is 13.0. The molecule has 1 atom stereocenters. The third-order valence-electron chi connectivity index (χ3n) is 3.37. The minimum Gasteiger partial charge on any atom is -0.495 e. The number of benzene rings is 2. The SMILES string of the molecule is COc1cc(Cl)c(C)cc1NC(C)c1cccc(C#N)c1. The number of halogens is 1. The smallest absolute Gasteiger partial charge is 0.143 e. The summed E-state index contributed by atoms with van der Waals surface area (Å²) in [6.45, 7) is 3.99. The van der Waals surface area contributed by atoms with Crippen LogP contribution < -0.4 is 10.1 Å². The molecule has 108 valence electrons. The highest BCUT2D eigenvalue weighted by Gasteiger charge is 2.11. The number of hydrogen-bond acceptors (Lipinski definition) is 3. The molecule has 0 radical (unpaired) electrons. The van der Waals surface area contributed by atoms with Crippen LogP contribution in [-0.4, -0.2) is 7.11 Å². The van der Waals surface area contributed by atoms with Gasteiger partial charge in [0.1, 0.15) is 5.75 Å². The maximum absolute atomic E-state index is 8.98. The molecule has 0 aliphatic carbocycles. The predicted molar refractivity (Wildman–Crippen MR) is 85.9 cm³/mol. The number of nitriles is 1. The van der Waals surface area contributed by atoms with Gasteiger partial charge in [0.2, 0.25) is 0 Å². The second-order valence-corrected chi connectivity index (χ2v) is 5.31. The van der Waals surface area contributed by atoms with Crippen LogP contribution in [0.3, 0.4) is 0 Å². The first kappa shape index (κ1) is 15.2. The maximum atomic E-state index is 8.98. The molecule has 2 aromatic rings. The van der Waals surface area contributed by atoms with Gasteiger partial charge in [0.05, 0.1) is 24.4 Å². The van der Waals surface area contributed by atoms with E-state index in [0.717, 1.165) is 16.8 Å². The number of aryl methyl sites for hydroxylation is 1. The number of ether oxygens (including phenoxy) is 1. The molecule has 0 aliphatic rings. The maximum Gasteiger partial charge on any atom is 0.143 e. The molecule has 2 rings (SSSR count). The summed E-state index contributed by atoms with van der Waals surface area (Å²) in [5, 5.41) is 13.1. The zero-order chi connectivity index (χ0) is 15.4. The Morgan fingerprint density at radius 2 is 2.05 bits per heavy atom. The van der Waals surface area contributed by atoms with Gasteiger partial charge in [-0.05, 0) is 43.2 Å². The van der Waals surface area contributed by atoms with Crippen molar-refractivity contribution in [3.05, 3.63) is 58.1 Å². The highest BCUT2D eigenvalue weighted by molar-refractivity contribution is 6.31. The average Bonchev–Trinajstić information content (AvgIpc) is 2.50. The molecule has 21 heavy (non-hydrogen) atoms. The van der Waals surface area contributed by atoms with Gasteiger partial charge in [-0.2, -0.15) is 5.26 Å². The van der Waals surface area contributed by atoms with Crippen LogP contribution in [0.2, 0.25) is 5.02 Å². The molecule has 0 aromatic heterocycles. The van der Waals surface area contributed by atoms with Gasteiger partial charge in [-0.25, -0.2) is 0 Å². The van der Waals surface area contributed by atoms with Crippen molar-refractivity contribution in [3.8, 4) is 11.8 Å². The van der Waals surface area contributed by atoms with Crippen LogP contribution in [0.1, 0.15) is 29.7 Å². The number of anilines is 1. The minimum atomic E-state index is 0.0489. The number of rotatable bonds is 4. The summed E-state index contributed by atoms with van der Waals surface area (Å²) >= 11 is 6.11. The van der Waals surface area contributed by atoms with Crippen LogP contribution in [0.15, 0.2) is 36.4 Å². The number of nitrogens with zero attached hydrogens (tertiary/aromatic N) is 1.